The van der Waals surface area contributed by atoms with Crippen LogP contribution in [0, 0.1) is 23.4 Å². The van der Waals surface area contributed by atoms with E-state index in [4.69, 9.17) is 10.5 Å². The van der Waals surface area contributed by atoms with Gasteiger partial charge in [0.25, 0.3) is 5.91 Å². The molecule has 0 bridgehead atoms. The van der Waals surface area contributed by atoms with Gasteiger partial charge in [-0.3, -0.25) is 9.78 Å². The fourth-order valence-electron chi connectivity index (χ4n) is 5.47. The van der Waals surface area contributed by atoms with Crippen LogP contribution < -0.4 is 15.8 Å². The number of carbonyl (C=O) groups is 1. The third kappa shape index (κ3) is 4.97. The van der Waals surface area contributed by atoms with Crippen molar-refractivity contribution in [3.05, 3.63) is 70.9 Å². The Labute approximate surface area is 223 Å². The molecule has 5 atom stereocenters. The van der Waals surface area contributed by atoms with Crippen LogP contribution in [-0.2, 0) is 5.60 Å². The molecule has 0 radical (unpaired) electrons. The molecule has 39 heavy (non-hydrogen) atoms. The second-order valence-corrected chi connectivity index (χ2v) is 10.5. The molecular weight excluding hydrogens is 513 g/mol. The van der Waals surface area contributed by atoms with Gasteiger partial charge in [0.15, 0.2) is 11.6 Å². The zero-order valence-corrected chi connectivity index (χ0v) is 21.4. The smallest absolute Gasteiger partial charge is 0.274 e. The number of nitrogens with one attached hydrogen (secondary N) is 1. The van der Waals surface area contributed by atoms with Crippen molar-refractivity contribution in [3.63, 3.8) is 0 Å². The quantitative estimate of drug-likeness (QED) is 0.392. The number of amides is 1. The number of aliphatic hydroxyl groups is 2. The summed E-state index contributed by atoms with van der Waals surface area (Å²) in [6.07, 6.45) is 3.70. The summed E-state index contributed by atoms with van der Waals surface area (Å²) in [4.78, 5) is 21.2. The summed E-state index contributed by atoms with van der Waals surface area (Å²) in [6, 6.07) is 4.24. The Bertz CT molecular complexity index is 1420. The van der Waals surface area contributed by atoms with Crippen LogP contribution in [0.15, 0.2) is 36.7 Å². The monoisotopic (exact) mass is 542 g/mol. The van der Waals surface area contributed by atoms with Gasteiger partial charge in [0, 0.05) is 24.2 Å². The number of hydrogen-bond acceptors (Lipinski definition) is 7. The highest BCUT2D eigenvalue weighted by molar-refractivity contribution is 6.03. The molecule has 1 aliphatic heterocycles. The van der Waals surface area contributed by atoms with E-state index < -0.39 is 52.4 Å². The topological polar surface area (TPSA) is 131 Å². The fourth-order valence-corrected chi connectivity index (χ4v) is 5.47. The number of nitrogens with two attached hydrogens (primary N) is 1. The van der Waals surface area contributed by atoms with Crippen LogP contribution in [-0.4, -0.2) is 44.8 Å². The standard InChI is InChI=1S/C28H29F3N4O4/c1-13-9-14(10-19(32)25(13)36)15-5-7-33-12-21(15)35-27(37)20-4-3-17(29)24(34-20)22-18(30)11-16-26(23(22)31)39-8-6-28(16,2)38/h3-5,7,11-14,19,25,36,38H,6,8-10,32H2,1-2H3,(H,35,37)/t13-,14+,19+,25+,28?/m0/s1. The molecule has 1 unspecified atom stereocenters. The Kier molecular flexibility index (Phi) is 7.08. The van der Waals surface area contributed by atoms with E-state index in [9.17, 15) is 19.4 Å². The van der Waals surface area contributed by atoms with Crippen molar-refractivity contribution in [1.82, 2.24) is 9.97 Å². The number of anilines is 1. The van der Waals surface area contributed by atoms with E-state index in [0.717, 1.165) is 23.8 Å². The van der Waals surface area contributed by atoms with E-state index in [1.807, 2.05) is 6.92 Å². The van der Waals surface area contributed by atoms with Crippen LogP contribution in [0.4, 0.5) is 18.9 Å². The minimum Gasteiger partial charge on any atom is -0.490 e. The van der Waals surface area contributed by atoms with Gasteiger partial charge in [-0.25, -0.2) is 18.2 Å². The van der Waals surface area contributed by atoms with E-state index in [1.165, 1.54) is 13.1 Å². The van der Waals surface area contributed by atoms with Crippen molar-refractivity contribution in [2.75, 3.05) is 11.9 Å². The molecule has 206 valence electrons. The number of pyridine rings is 2. The van der Waals surface area contributed by atoms with Crippen molar-refractivity contribution in [2.45, 2.75) is 56.8 Å². The van der Waals surface area contributed by atoms with Gasteiger partial charge < -0.3 is 26.0 Å². The molecular formula is C28H29F3N4O4. The Morgan fingerprint density at radius 2 is 1.97 bits per heavy atom. The summed E-state index contributed by atoms with van der Waals surface area (Å²) in [5.41, 5.74) is 3.87. The third-order valence-electron chi connectivity index (χ3n) is 7.68. The van der Waals surface area contributed by atoms with E-state index in [0.29, 0.717) is 18.5 Å². The molecule has 8 nitrogen and oxygen atoms in total. The SMILES string of the molecule is C[C@H]1C[C@@H](c2ccncc2NC(=O)c2ccc(F)c(-c3c(F)cc4c(c3F)OCCC4(C)O)n2)C[C@@H](N)[C@@H]1O. The molecule has 5 rings (SSSR count). The van der Waals surface area contributed by atoms with E-state index in [1.54, 1.807) is 12.3 Å². The Balaban J connectivity index is 1.47. The lowest BCUT2D eigenvalue weighted by molar-refractivity contribution is 0.0126. The second kappa shape index (κ2) is 10.2. The average molecular weight is 543 g/mol. The summed E-state index contributed by atoms with van der Waals surface area (Å²) in [6.45, 7) is 3.30. The number of ether oxygens (including phenoxy) is 1. The highest BCUT2D eigenvalue weighted by atomic mass is 19.1. The second-order valence-electron chi connectivity index (χ2n) is 10.5. The molecule has 1 aromatic carbocycles. The molecule has 0 saturated heterocycles. The van der Waals surface area contributed by atoms with E-state index >= 15 is 8.78 Å². The molecule has 3 aromatic rings. The molecule has 1 saturated carbocycles. The Morgan fingerprint density at radius 1 is 1.21 bits per heavy atom. The van der Waals surface area contributed by atoms with Crippen molar-refractivity contribution >= 4 is 11.6 Å². The summed E-state index contributed by atoms with van der Waals surface area (Å²) < 4.78 is 50.7. The van der Waals surface area contributed by atoms with Gasteiger partial charge in [-0.15, -0.1) is 0 Å². The first-order valence-electron chi connectivity index (χ1n) is 12.7. The number of halogens is 3. The number of aliphatic hydroxyl groups excluding tert-OH is 1. The number of aromatic nitrogens is 2. The van der Waals surface area contributed by atoms with Crippen LogP contribution in [0.25, 0.3) is 11.3 Å². The van der Waals surface area contributed by atoms with Gasteiger partial charge >= 0.3 is 0 Å². The lowest BCUT2D eigenvalue weighted by Crippen LogP contribution is -2.44. The summed E-state index contributed by atoms with van der Waals surface area (Å²) in [7, 11) is 0. The number of benzene rings is 1. The minimum absolute atomic E-state index is 0.0164. The van der Waals surface area contributed by atoms with Crippen molar-refractivity contribution in [1.29, 1.82) is 0 Å². The normalized spacial score (nSPS) is 26.5. The molecule has 3 heterocycles. The number of rotatable bonds is 4. The lowest BCUT2D eigenvalue weighted by Gasteiger charge is -2.36. The molecule has 1 fully saturated rings. The summed E-state index contributed by atoms with van der Waals surface area (Å²) in [5, 5.41) is 23.5. The molecule has 5 N–H and O–H groups in total. The van der Waals surface area contributed by atoms with Crippen molar-refractivity contribution < 1.29 is 32.9 Å². The van der Waals surface area contributed by atoms with Crippen LogP contribution >= 0.6 is 0 Å². The maximum atomic E-state index is 15.4. The highest BCUT2D eigenvalue weighted by Crippen LogP contribution is 2.43. The molecule has 2 aromatic heterocycles. The van der Waals surface area contributed by atoms with Gasteiger partial charge in [0.05, 0.1) is 35.8 Å². The third-order valence-corrected chi connectivity index (χ3v) is 7.68. The van der Waals surface area contributed by atoms with Gasteiger partial charge in [-0.1, -0.05) is 6.92 Å². The van der Waals surface area contributed by atoms with Gasteiger partial charge in [0.1, 0.15) is 23.0 Å². The van der Waals surface area contributed by atoms with Gasteiger partial charge in [-0.2, -0.15) is 0 Å². The average Bonchev–Trinajstić information content (AvgIpc) is 2.89. The van der Waals surface area contributed by atoms with Crippen LogP contribution in [0.3, 0.4) is 0 Å². The number of nitrogens with zero attached hydrogens (tertiary/aromatic N) is 2. The van der Waals surface area contributed by atoms with Crippen LogP contribution in [0.1, 0.15) is 60.6 Å². The van der Waals surface area contributed by atoms with Gasteiger partial charge in [-0.05, 0) is 61.4 Å². The maximum Gasteiger partial charge on any atom is 0.274 e. The van der Waals surface area contributed by atoms with Crippen LogP contribution in [0.2, 0.25) is 0 Å². The predicted molar refractivity (Wildman–Crippen MR) is 137 cm³/mol. The number of hydrogen-bond donors (Lipinski definition) is 4. The van der Waals surface area contributed by atoms with E-state index in [2.05, 4.69) is 15.3 Å². The lowest BCUT2D eigenvalue weighted by atomic mass is 9.74. The minimum atomic E-state index is -1.53. The van der Waals surface area contributed by atoms with E-state index in [-0.39, 0.29) is 41.9 Å². The maximum absolute atomic E-state index is 15.4. The van der Waals surface area contributed by atoms with Crippen molar-refractivity contribution in [2.24, 2.45) is 11.7 Å². The summed E-state index contributed by atoms with van der Waals surface area (Å²) in [5.74, 6) is -4.64. The van der Waals surface area contributed by atoms with Gasteiger partial charge in [0.2, 0.25) is 0 Å². The Hall–Kier alpha value is -3.54. The fraction of sp³-hybridized carbons (Fsp3) is 0.393. The first-order valence-corrected chi connectivity index (χ1v) is 12.7. The molecule has 2 aliphatic rings. The number of fused-ring (bicyclic) bond motifs is 1. The molecule has 1 amide bonds. The summed E-state index contributed by atoms with van der Waals surface area (Å²) >= 11 is 0. The molecule has 1 aliphatic carbocycles. The zero-order chi connectivity index (χ0) is 28.1. The highest BCUT2D eigenvalue weighted by Gasteiger charge is 2.37. The number of carbonyl (C=O) groups excluding carboxylic acids is 1. The van der Waals surface area contributed by atoms with Crippen LogP contribution in [0.5, 0.6) is 5.75 Å². The molecule has 11 heteroatoms. The Morgan fingerprint density at radius 3 is 2.72 bits per heavy atom. The zero-order valence-electron chi connectivity index (χ0n) is 21.4. The molecule has 0 spiro atoms. The predicted octanol–water partition coefficient (Wildman–Crippen LogP) is 4.00. The first kappa shape index (κ1) is 27.0. The largest absolute Gasteiger partial charge is 0.490 e. The van der Waals surface area contributed by atoms with Crippen molar-refractivity contribution in [3.8, 4) is 17.0 Å². The first-order chi connectivity index (χ1) is 18.5.